The molecule has 0 saturated carbocycles. The maximum Gasteiger partial charge on any atom is 0.234 e. The van der Waals surface area contributed by atoms with Crippen LogP contribution in [-0.4, -0.2) is 93.1 Å². The lowest BCUT2D eigenvalue weighted by Gasteiger charge is -2.43. The highest BCUT2D eigenvalue weighted by atomic mass is 19.1. The molecular formula is C42H45F2N9O2. The minimum atomic E-state index is -0.575. The van der Waals surface area contributed by atoms with E-state index in [1.165, 1.54) is 11.6 Å². The van der Waals surface area contributed by atoms with Gasteiger partial charge in [-0.05, 0) is 80.6 Å². The van der Waals surface area contributed by atoms with Gasteiger partial charge in [0.1, 0.15) is 23.3 Å². The fraction of sp³-hybridized carbons (Fsp3) is 0.405. The third-order valence-electron chi connectivity index (χ3n) is 12.0. The van der Waals surface area contributed by atoms with Gasteiger partial charge in [-0.2, -0.15) is 5.10 Å². The second kappa shape index (κ2) is 15.1. The van der Waals surface area contributed by atoms with Crippen molar-refractivity contribution in [2.45, 2.75) is 63.1 Å². The van der Waals surface area contributed by atoms with Crippen LogP contribution in [0.25, 0.3) is 16.9 Å². The van der Waals surface area contributed by atoms with Crippen molar-refractivity contribution in [3.05, 3.63) is 107 Å². The molecule has 4 aliphatic heterocycles. The summed E-state index contributed by atoms with van der Waals surface area (Å²) in [7, 11) is 0. The third-order valence-corrected chi connectivity index (χ3v) is 12.0. The van der Waals surface area contributed by atoms with E-state index in [9.17, 15) is 18.4 Å². The monoisotopic (exact) mass is 745 g/mol. The summed E-state index contributed by atoms with van der Waals surface area (Å²) < 4.78 is 30.2. The topological polar surface area (TPSA) is 102 Å². The molecule has 13 heteroatoms. The van der Waals surface area contributed by atoms with Crippen molar-refractivity contribution in [3.8, 4) is 11.3 Å². The predicted octanol–water partition coefficient (Wildman–Crippen LogP) is 5.72. The molecule has 0 bridgehead atoms. The molecule has 7 heterocycles. The Morgan fingerprint density at radius 1 is 0.800 bits per heavy atom. The lowest BCUT2D eigenvalue weighted by Crippen LogP contribution is -2.53. The van der Waals surface area contributed by atoms with Crippen molar-refractivity contribution in [1.82, 2.24) is 34.7 Å². The first kappa shape index (κ1) is 35.4. The summed E-state index contributed by atoms with van der Waals surface area (Å²) in [5.41, 5.74) is 5.04. The number of fused-ring (bicyclic) bond motifs is 1. The summed E-state index contributed by atoms with van der Waals surface area (Å²) in [6.07, 6.45) is 8.60. The fourth-order valence-corrected chi connectivity index (χ4v) is 8.97. The zero-order valence-electron chi connectivity index (χ0n) is 30.8. The molecule has 0 radical (unpaired) electrons. The Morgan fingerprint density at radius 3 is 2.40 bits per heavy atom. The molecule has 11 nitrogen and oxygen atoms in total. The zero-order valence-corrected chi connectivity index (χ0v) is 30.8. The van der Waals surface area contributed by atoms with Gasteiger partial charge in [0.05, 0.1) is 29.4 Å². The van der Waals surface area contributed by atoms with Gasteiger partial charge in [0, 0.05) is 69.6 Å². The van der Waals surface area contributed by atoms with Crippen LogP contribution >= 0.6 is 0 Å². The van der Waals surface area contributed by atoms with Crippen LogP contribution < -0.4 is 15.1 Å². The van der Waals surface area contributed by atoms with E-state index >= 15 is 0 Å². The number of carbonyl (C=O) groups excluding carboxylic acids is 2. The number of aromatic nitrogens is 4. The normalized spacial score (nSPS) is 21.8. The molecule has 2 atom stereocenters. The number of halogens is 2. The van der Waals surface area contributed by atoms with Gasteiger partial charge in [-0.25, -0.2) is 23.3 Å². The van der Waals surface area contributed by atoms with Crippen molar-refractivity contribution >= 4 is 29.1 Å². The van der Waals surface area contributed by atoms with E-state index in [2.05, 4.69) is 48.2 Å². The Hall–Kier alpha value is -5.27. The minimum Gasteiger partial charge on any atom is -0.354 e. The minimum absolute atomic E-state index is 0.182. The van der Waals surface area contributed by atoms with Crippen molar-refractivity contribution in [2.75, 3.05) is 55.6 Å². The van der Waals surface area contributed by atoms with Gasteiger partial charge in [0.25, 0.3) is 0 Å². The highest BCUT2D eigenvalue weighted by Crippen LogP contribution is 2.37. The van der Waals surface area contributed by atoms with Crippen LogP contribution in [0.4, 0.5) is 20.4 Å². The summed E-state index contributed by atoms with van der Waals surface area (Å²) in [5.74, 6) is -0.0419. The molecule has 1 unspecified atom stereocenters. The standard InChI is InChI=1S/C42H45F2N9O2/c43-30-10-11-33(35(44)25-30)37-4-2-17-52(37)39-16-20-53-41(47-39)34(26-45-53)36-3-1-5-38(46-36)51-23-21-50(22-24-51)31-14-18-49(19-15-31)27-28-6-8-29(9-7-28)32-12-13-40(54)48-42(32)55/h1,3,5-11,16,20,25-26,31-32,37H,2,4,12-15,17-19,21-24,27H2,(H,48,54,55)/t32?,37-/m1/s1. The number of piperazine rings is 1. The van der Waals surface area contributed by atoms with E-state index in [4.69, 9.17) is 9.97 Å². The quantitative estimate of drug-likeness (QED) is 0.200. The number of imide groups is 1. The number of carbonyl (C=O) groups is 2. The molecule has 4 fully saturated rings. The maximum absolute atomic E-state index is 14.8. The first-order chi connectivity index (χ1) is 26.9. The first-order valence-electron chi connectivity index (χ1n) is 19.5. The molecule has 3 aromatic heterocycles. The summed E-state index contributed by atoms with van der Waals surface area (Å²) >= 11 is 0. The molecule has 55 heavy (non-hydrogen) atoms. The number of rotatable bonds is 8. The molecule has 5 aromatic rings. The van der Waals surface area contributed by atoms with Crippen molar-refractivity contribution in [3.63, 3.8) is 0 Å². The predicted molar refractivity (Wildman–Crippen MR) is 206 cm³/mol. The number of amides is 2. The maximum atomic E-state index is 14.8. The Labute approximate surface area is 319 Å². The molecule has 2 amide bonds. The van der Waals surface area contributed by atoms with Crippen molar-refractivity contribution < 1.29 is 18.4 Å². The Kier molecular flexibility index (Phi) is 9.73. The summed E-state index contributed by atoms with van der Waals surface area (Å²) in [5, 5.41) is 7.03. The number of pyridine rings is 1. The zero-order chi connectivity index (χ0) is 37.5. The number of nitrogens with zero attached hydrogens (tertiary/aromatic N) is 8. The van der Waals surface area contributed by atoms with Gasteiger partial charge in [-0.3, -0.25) is 24.7 Å². The van der Waals surface area contributed by atoms with E-state index in [0.29, 0.717) is 30.1 Å². The molecular weight excluding hydrogens is 701 g/mol. The molecule has 284 valence electrons. The number of nitrogens with one attached hydrogen (secondary N) is 1. The molecule has 4 aliphatic rings. The van der Waals surface area contributed by atoms with Crippen LogP contribution in [0.5, 0.6) is 0 Å². The van der Waals surface area contributed by atoms with Gasteiger partial charge in [-0.1, -0.05) is 36.4 Å². The SMILES string of the molecule is O=C1CCC(c2ccc(CN3CCC(N4CCN(c5cccc(-c6cnn7ccc(N8CCC[C@@H]8c8ccc(F)cc8F)nc67)n5)CC4)CC3)cc2)C(=O)N1. The number of hydrogen-bond donors (Lipinski definition) is 1. The highest BCUT2D eigenvalue weighted by Gasteiger charge is 2.32. The number of anilines is 2. The number of likely N-dealkylation sites (tertiary alicyclic amines) is 1. The first-order valence-corrected chi connectivity index (χ1v) is 19.5. The van der Waals surface area contributed by atoms with Crippen LogP contribution in [0, 0.1) is 11.6 Å². The van der Waals surface area contributed by atoms with E-state index < -0.39 is 11.6 Å². The van der Waals surface area contributed by atoms with Crippen molar-refractivity contribution in [1.29, 1.82) is 0 Å². The third kappa shape index (κ3) is 7.30. The van der Waals surface area contributed by atoms with Gasteiger partial charge >= 0.3 is 0 Å². The average molecular weight is 746 g/mol. The van der Waals surface area contributed by atoms with Crippen LogP contribution in [0.2, 0.25) is 0 Å². The van der Waals surface area contributed by atoms with Crippen molar-refractivity contribution in [2.24, 2.45) is 0 Å². The lowest BCUT2D eigenvalue weighted by atomic mass is 9.90. The average Bonchev–Trinajstić information content (AvgIpc) is 3.87. The van der Waals surface area contributed by atoms with E-state index in [0.717, 1.165) is 113 Å². The van der Waals surface area contributed by atoms with Crippen LogP contribution in [-0.2, 0) is 16.1 Å². The summed E-state index contributed by atoms with van der Waals surface area (Å²) in [6.45, 7) is 7.54. The van der Waals surface area contributed by atoms with Gasteiger partial charge in [-0.15, -0.1) is 0 Å². The Morgan fingerprint density at radius 2 is 1.62 bits per heavy atom. The molecule has 0 spiro atoms. The van der Waals surface area contributed by atoms with E-state index in [-0.39, 0.29) is 23.8 Å². The lowest BCUT2D eigenvalue weighted by molar-refractivity contribution is -0.134. The molecule has 4 saturated heterocycles. The molecule has 2 aromatic carbocycles. The molecule has 0 aliphatic carbocycles. The van der Waals surface area contributed by atoms with Gasteiger partial charge in [0.2, 0.25) is 11.8 Å². The summed E-state index contributed by atoms with van der Waals surface area (Å²) in [4.78, 5) is 43.6. The number of benzene rings is 2. The molecule has 9 rings (SSSR count). The van der Waals surface area contributed by atoms with E-state index in [1.54, 1.807) is 16.8 Å². The fourth-order valence-electron chi connectivity index (χ4n) is 8.97. The summed E-state index contributed by atoms with van der Waals surface area (Å²) in [6, 6.07) is 20.5. The van der Waals surface area contributed by atoms with Crippen LogP contribution in [0.3, 0.4) is 0 Å². The van der Waals surface area contributed by atoms with Crippen LogP contribution in [0.1, 0.15) is 67.2 Å². The Balaban J connectivity index is 0.803. The van der Waals surface area contributed by atoms with Gasteiger partial charge < -0.3 is 9.80 Å². The smallest absolute Gasteiger partial charge is 0.234 e. The second-order valence-corrected chi connectivity index (χ2v) is 15.3. The molecule has 1 N–H and O–H groups in total. The number of piperidine rings is 2. The second-order valence-electron chi connectivity index (χ2n) is 15.3. The largest absolute Gasteiger partial charge is 0.354 e. The van der Waals surface area contributed by atoms with E-state index in [1.807, 2.05) is 36.5 Å². The van der Waals surface area contributed by atoms with Crippen LogP contribution in [0.15, 0.2) is 79.1 Å². The number of hydrogen-bond acceptors (Lipinski definition) is 9. The Bertz CT molecular complexity index is 2200. The highest BCUT2D eigenvalue weighted by molar-refractivity contribution is 6.00. The van der Waals surface area contributed by atoms with Gasteiger partial charge in [0.15, 0.2) is 5.65 Å².